The highest BCUT2D eigenvalue weighted by atomic mass is 35.5. The fraction of sp³-hybridized carbons (Fsp3) is 0.133. The Morgan fingerprint density at radius 3 is 2.95 bits per heavy atom. The van der Waals surface area contributed by atoms with E-state index in [2.05, 4.69) is 11.9 Å². The van der Waals surface area contributed by atoms with Gasteiger partial charge in [0, 0.05) is 28.7 Å². The molecule has 2 heterocycles. The van der Waals surface area contributed by atoms with Crippen LogP contribution in [0.25, 0.3) is 5.65 Å². The zero-order chi connectivity index (χ0) is 14.1. The minimum Gasteiger partial charge on any atom is -0.399 e. The molecule has 102 valence electrons. The molecule has 0 fully saturated rings. The maximum atomic E-state index is 5.97. The quantitative estimate of drug-likeness (QED) is 0.583. The second kappa shape index (κ2) is 5.38. The van der Waals surface area contributed by atoms with Crippen LogP contribution in [0.2, 0.25) is 5.02 Å². The molecular weight excluding hydrogens is 290 g/mol. The van der Waals surface area contributed by atoms with Crippen LogP contribution in [-0.2, 0) is 5.75 Å². The van der Waals surface area contributed by atoms with Gasteiger partial charge in [0.2, 0.25) is 0 Å². The molecule has 1 aromatic carbocycles. The summed E-state index contributed by atoms with van der Waals surface area (Å²) in [7, 11) is 0. The Hall–Kier alpha value is -1.65. The van der Waals surface area contributed by atoms with Crippen LogP contribution >= 0.6 is 23.4 Å². The zero-order valence-electron chi connectivity index (χ0n) is 11.0. The van der Waals surface area contributed by atoms with Crippen molar-refractivity contribution in [3.05, 3.63) is 59.0 Å². The number of fused-ring (bicyclic) bond motifs is 1. The summed E-state index contributed by atoms with van der Waals surface area (Å²) in [6, 6.07) is 9.74. The zero-order valence-corrected chi connectivity index (χ0v) is 12.6. The molecule has 3 rings (SSSR count). The van der Waals surface area contributed by atoms with Gasteiger partial charge in [0.15, 0.2) is 0 Å². The van der Waals surface area contributed by atoms with Gasteiger partial charge in [-0.25, -0.2) is 4.98 Å². The molecule has 0 atom stereocenters. The molecule has 2 N–H and O–H groups in total. The number of benzene rings is 1. The minimum atomic E-state index is 0.709. The molecule has 0 bridgehead atoms. The third-order valence-corrected chi connectivity index (χ3v) is 4.47. The normalized spacial score (nSPS) is 11.1. The molecule has 0 aliphatic carbocycles. The first-order chi connectivity index (χ1) is 9.61. The Balaban J connectivity index is 1.81. The maximum absolute atomic E-state index is 5.97. The van der Waals surface area contributed by atoms with Crippen LogP contribution in [-0.4, -0.2) is 9.38 Å². The smallest absolute Gasteiger partial charge is 0.137 e. The van der Waals surface area contributed by atoms with E-state index in [4.69, 9.17) is 17.3 Å². The number of nitrogens with two attached hydrogens (primary N) is 1. The van der Waals surface area contributed by atoms with Gasteiger partial charge in [-0.1, -0.05) is 17.7 Å². The van der Waals surface area contributed by atoms with E-state index in [0.717, 1.165) is 22.8 Å². The van der Waals surface area contributed by atoms with E-state index in [0.29, 0.717) is 5.02 Å². The number of nitrogen functional groups attached to an aromatic ring is 1. The van der Waals surface area contributed by atoms with Gasteiger partial charge in [-0.15, -0.1) is 11.8 Å². The largest absolute Gasteiger partial charge is 0.399 e. The molecule has 2 aromatic heterocycles. The average Bonchev–Trinajstić information content (AvgIpc) is 2.81. The second-order valence-electron chi connectivity index (χ2n) is 4.66. The first kappa shape index (κ1) is 13.3. The summed E-state index contributed by atoms with van der Waals surface area (Å²) in [5, 5.41) is 0.709. The summed E-state index contributed by atoms with van der Waals surface area (Å²) in [6.07, 6.45) is 3.87. The van der Waals surface area contributed by atoms with E-state index in [1.165, 1.54) is 10.5 Å². The Kier molecular flexibility index (Phi) is 3.59. The van der Waals surface area contributed by atoms with Gasteiger partial charge in [-0.3, -0.25) is 0 Å². The summed E-state index contributed by atoms with van der Waals surface area (Å²) in [5.41, 5.74) is 9.79. The minimum absolute atomic E-state index is 0.709. The summed E-state index contributed by atoms with van der Waals surface area (Å²) >= 11 is 7.72. The fourth-order valence-corrected chi connectivity index (χ4v) is 3.14. The average molecular weight is 304 g/mol. The highest BCUT2D eigenvalue weighted by Gasteiger charge is 2.05. The molecule has 0 saturated carbocycles. The van der Waals surface area contributed by atoms with E-state index in [1.807, 2.05) is 47.1 Å². The molecular formula is C15H14ClN3S. The van der Waals surface area contributed by atoms with Crippen LogP contribution in [0.3, 0.4) is 0 Å². The van der Waals surface area contributed by atoms with Crippen LogP contribution in [0.5, 0.6) is 0 Å². The van der Waals surface area contributed by atoms with Gasteiger partial charge in [0.25, 0.3) is 0 Å². The standard InChI is InChI=1S/C15H14ClN3S/c1-10-2-4-12(17)6-14(10)20-9-13-8-19-7-11(16)3-5-15(19)18-13/h2-8H,9,17H2,1H3. The summed E-state index contributed by atoms with van der Waals surface area (Å²) in [5.74, 6) is 0.809. The molecule has 3 aromatic rings. The first-order valence-electron chi connectivity index (χ1n) is 6.24. The van der Waals surface area contributed by atoms with Gasteiger partial charge in [0.1, 0.15) is 5.65 Å². The Morgan fingerprint density at radius 1 is 1.25 bits per heavy atom. The number of hydrogen-bond donors (Lipinski definition) is 1. The monoisotopic (exact) mass is 303 g/mol. The summed E-state index contributed by atoms with van der Waals surface area (Å²) in [4.78, 5) is 5.77. The van der Waals surface area contributed by atoms with Crippen molar-refractivity contribution in [1.82, 2.24) is 9.38 Å². The van der Waals surface area contributed by atoms with Crippen molar-refractivity contribution in [2.75, 3.05) is 5.73 Å². The van der Waals surface area contributed by atoms with Crippen molar-refractivity contribution in [2.45, 2.75) is 17.6 Å². The highest BCUT2D eigenvalue weighted by molar-refractivity contribution is 7.98. The molecule has 0 spiro atoms. The maximum Gasteiger partial charge on any atom is 0.137 e. The van der Waals surface area contributed by atoms with Crippen LogP contribution in [0.15, 0.2) is 47.6 Å². The molecule has 0 aliphatic rings. The third-order valence-electron chi connectivity index (χ3n) is 3.05. The summed E-state index contributed by atoms with van der Waals surface area (Å²) < 4.78 is 1.95. The van der Waals surface area contributed by atoms with Crippen LogP contribution in [0.1, 0.15) is 11.3 Å². The van der Waals surface area contributed by atoms with Crippen LogP contribution < -0.4 is 5.73 Å². The first-order valence-corrected chi connectivity index (χ1v) is 7.60. The van der Waals surface area contributed by atoms with E-state index in [9.17, 15) is 0 Å². The lowest BCUT2D eigenvalue weighted by molar-refractivity contribution is 1.18. The highest BCUT2D eigenvalue weighted by Crippen LogP contribution is 2.27. The third kappa shape index (κ3) is 2.76. The number of anilines is 1. The lowest BCUT2D eigenvalue weighted by Crippen LogP contribution is -1.88. The lowest BCUT2D eigenvalue weighted by Gasteiger charge is -2.05. The van der Waals surface area contributed by atoms with Crippen molar-refractivity contribution in [3.63, 3.8) is 0 Å². The van der Waals surface area contributed by atoms with Gasteiger partial charge in [-0.05, 0) is 36.8 Å². The number of aromatic nitrogens is 2. The Morgan fingerprint density at radius 2 is 2.10 bits per heavy atom. The Labute approximate surface area is 126 Å². The number of aryl methyl sites for hydroxylation is 1. The molecule has 3 nitrogen and oxygen atoms in total. The van der Waals surface area contributed by atoms with E-state index < -0.39 is 0 Å². The fourth-order valence-electron chi connectivity index (χ4n) is 2.01. The number of imidazole rings is 1. The van der Waals surface area contributed by atoms with Crippen molar-refractivity contribution >= 4 is 34.7 Å². The SMILES string of the molecule is Cc1ccc(N)cc1SCc1cn2cc(Cl)ccc2n1. The predicted molar refractivity (Wildman–Crippen MR) is 85.4 cm³/mol. The van der Waals surface area contributed by atoms with Crippen molar-refractivity contribution in [1.29, 1.82) is 0 Å². The molecule has 20 heavy (non-hydrogen) atoms. The predicted octanol–water partition coefficient (Wildman–Crippen LogP) is 4.17. The number of rotatable bonds is 3. The van der Waals surface area contributed by atoms with E-state index in [-0.39, 0.29) is 0 Å². The Bertz CT molecular complexity index is 767. The molecule has 0 amide bonds. The van der Waals surface area contributed by atoms with Gasteiger partial charge in [0.05, 0.1) is 10.7 Å². The van der Waals surface area contributed by atoms with Crippen LogP contribution in [0, 0.1) is 6.92 Å². The number of nitrogens with zero attached hydrogens (tertiary/aromatic N) is 2. The van der Waals surface area contributed by atoms with E-state index in [1.54, 1.807) is 11.8 Å². The van der Waals surface area contributed by atoms with E-state index >= 15 is 0 Å². The number of thioether (sulfide) groups is 1. The molecule has 0 saturated heterocycles. The molecule has 0 unspecified atom stereocenters. The number of hydrogen-bond acceptors (Lipinski definition) is 3. The van der Waals surface area contributed by atoms with Gasteiger partial charge in [-0.2, -0.15) is 0 Å². The van der Waals surface area contributed by atoms with Crippen LogP contribution in [0.4, 0.5) is 5.69 Å². The topological polar surface area (TPSA) is 43.3 Å². The lowest BCUT2D eigenvalue weighted by atomic mass is 10.2. The second-order valence-corrected chi connectivity index (χ2v) is 6.11. The summed E-state index contributed by atoms with van der Waals surface area (Å²) in [6.45, 7) is 2.09. The van der Waals surface area contributed by atoms with Crippen molar-refractivity contribution in [2.24, 2.45) is 0 Å². The number of halogens is 1. The molecule has 5 heteroatoms. The molecule has 0 radical (unpaired) electrons. The van der Waals surface area contributed by atoms with Crippen molar-refractivity contribution in [3.8, 4) is 0 Å². The number of pyridine rings is 1. The van der Waals surface area contributed by atoms with Crippen molar-refractivity contribution < 1.29 is 0 Å². The van der Waals surface area contributed by atoms with Gasteiger partial charge >= 0.3 is 0 Å². The van der Waals surface area contributed by atoms with Gasteiger partial charge < -0.3 is 10.1 Å². The molecule has 0 aliphatic heterocycles.